The first-order chi connectivity index (χ1) is 12.8. The predicted octanol–water partition coefficient (Wildman–Crippen LogP) is 0.598. The van der Waals surface area contributed by atoms with E-state index in [2.05, 4.69) is 15.5 Å². The van der Waals surface area contributed by atoms with Crippen molar-refractivity contribution >= 4 is 27.5 Å². The Morgan fingerprint density at radius 2 is 2.15 bits per heavy atom. The van der Waals surface area contributed by atoms with Crippen LogP contribution in [0.5, 0.6) is 0 Å². The van der Waals surface area contributed by atoms with Gasteiger partial charge in [0, 0.05) is 12.6 Å². The Bertz CT molecular complexity index is 953. The number of hydrogen-bond acceptors (Lipinski definition) is 6. The number of nitrogens with one attached hydrogen (secondary N) is 2. The number of nitrogens with zero attached hydrogens (tertiary/aromatic N) is 2. The topological polar surface area (TPSA) is 114 Å². The van der Waals surface area contributed by atoms with Gasteiger partial charge in [-0.05, 0) is 25.3 Å². The molecule has 1 aromatic heterocycles. The van der Waals surface area contributed by atoms with Gasteiger partial charge >= 0.3 is 5.69 Å². The first-order valence-electron chi connectivity index (χ1n) is 8.70. The molecule has 0 saturated carbocycles. The first kappa shape index (κ1) is 19.7. The smallest absolute Gasteiger partial charge is 0.343 e. The van der Waals surface area contributed by atoms with E-state index >= 15 is 0 Å². The van der Waals surface area contributed by atoms with Crippen molar-refractivity contribution in [2.45, 2.75) is 42.8 Å². The molecule has 0 bridgehead atoms. The number of H-pyrrole nitrogens is 1. The summed E-state index contributed by atoms with van der Waals surface area (Å²) < 4.78 is 24.5. The van der Waals surface area contributed by atoms with E-state index in [1.165, 1.54) is 16.3 Å². The van der Waals surface area contributed by atoms with Crippen LogP contribution in [0.3, 0.4) is 0 Å². The lowest BCUT2D eigenvalue weighted by Crippen LogP contribution is -2.40. The monoisotopic (exact) mass is 410 g/mol. The van der Waals surface area contributed by atoms with Crippen LogP contribution in [0.4, 0.5) is 0 Å². The van der Waals surface area contributed by atoms with Crippen LogP contribution >= 0.6 is 11.8 Å². The molecule has 0 radical (unpaired) electrons. The zero-order chi connectivity index (χ0) is 19.4. The standard InChI is InChI=1S/C17H22N4O4S2/c1-12(15(22)18-14-8-10-27(24,25)11-14)26-17-20-19-16(23)21(17)9-7-13-5-3-2-4-6-13/h2-6,12,14H,7-11H2,1H3,(H,18,22)(H,19,23)/t12-,14+/m0/s1. The molecule has 0 spiro atoms. The molecule has 2 heterocycles. The molecule has 0 unspecified atom stereocenters. The zero-order valence-corrected chi connectivity index (χ0v) is 16.6. The molecule has 1 amide bonds. The predicted molar refractivity (Wildman–Crippen MR) is 104 cm³/mol. The van der Waals surface area contributed by atoms with Crippen LogP contribution in [0.15, 0.2) is 40.3 Å². The Morgan fingerprint density at radius 1 is 1.41 bits per heavy atom. The third kappa shape index (κ3) is 5.23. The van der Waals surface area contributed by atoms with Crippen LogP contribution in [-0.4, -0.2) is 51.9 Å². The fourth-order valence-electron chi connectivity index (χ4n) is 2.91. The molecule has 8 nitrogen and oxygen atoms in total. The molecular formula is C17H22N4O4S2. The zero-order valence-electron chi connectivity index (χ0n) is 14.9. The number of sulfone groups is 1. The van der Waals surface area contributed by atoms with Gasteiger partial charge in [-0.1, -0.05) is 42.1 Å². The van der Waals surface area contributed by atoms with E-state index in [-0.39, 0.29) is 29.1 Å². The Morgan fingerprint density at radius 3 is 2.81 bits per heavy atom. The highest BCUT2D eigenvalue weighted by atomic mass is 32.2. The lowest BCUT2D eigenvalue weighted by atomic mass is 10.1. The van der Waals surface area contributed by atoms with Gasteiger partial charge in [0.2, 0.25) is 5.91 Å². The summed E-state index contributed by atoms with van der Waals surface area (Å²) in [6, 6.07) is 9.46. The quantitative estimate of drug-likeness (QED) is 0.646. The van der Waals surface area contributed by atoms with Crippen molar-refractivity contribution in [2.24, 2.45) is 0 Å². The lowest BCUT2D eigenvalue weighted by Gasteiger charge is -2.15. The minimum atomic E-state index is -3.05. The molecule has 3 rings (SSSR count). The average molecular weight is 411 g/mol. The number of thioether (sulfide) groups is 1. The largest absolute Gasteiger partial charge is 0.351 e. The molecule has 146 valence electrons. The summed E-state index contributed by atoms with van der Waals surface area (Å²) in [5, 5.41) is 9.16. The van der Waals surface area contributed by atoms with Crippen molar-refractivity contribution in [3.63, 3.8) is 0 Å². The van der Waals surface area contributed by atoms with Gasteiger partial charge in [-0.15, -0.1) is 5.10 Å². The van der Waals surface area contributed by atoms with E-state index in [0.29, 0.717) is 24.5 Å². The number of hydrogen-bond donors (Lipinski definition) is 2. The third-order valence-corrected chi connectivity index (χ3v) is 7.28. The van der Waals surface area contributed by atoms with E-state index in [4.69, 9.17) is 0 Å². The Balaban J connectivity index is 1.60. The van der Waals surface area contributed by atoms with Gasteiger partial charge in [-0.2, -0.15) is 0 Å². The number of carbonyl (C=O) groups excluding carboxylic acids is 1. The molecule has 0 aliphatic carbocycles. The van der Waals surface area contributed by atoms with Crippen LogP contribution < -0.4 is 11.0 Å². The molecule has 1 aromatic carbocycles. The Labute approximate surface area is 161 Å². The van der Waals surface area contributed by atoms with Crippen LogP contribution in [0, 0.1) is 0 Å². The second kappa shape index (κ2) is 8.30. The molecule has 1 aliphatic heterocycles. The second-order valence-corrected chi connectivity index (χ2v) is 10.1. The summed E-state index contributed by atoms with van der Waals surface area (Å²) in [5.41, 5.74) is 0.790. The maximum atomic E-state index is 12.4. The van der Waals surface area contributed by atoms with Gasteiger partial charge in [-0.3, -0.25) is 9.36 Å². The first-order valence-corrected chi connectivity index (χ1v) is 11.4. The van der Waals surface area contributed by atoms with Crippen molar-refractivity contribution < 1.29 is 13.2 Å². The van der Waals surface area contributed by atoms with Crippen LogP contribution in [-0.2, 0) is 27.6 Å². The maximum absolute atomic E-state index is 12.4. The number of rotatable bonds is 7. The van der Waals surface area contributed by atoms with E-state index in [0.717, 1.165) is 5.56 Å². The van der Waals surface area contributed by atoms with Crippen LogP contribution in [0.2, 0.25) is 0 Å². The Kier molecular flexibility index (Phi) is 6.05. The summed E-state index contributed by atoms with van der Waals surface area (Å²) in [7, 11) is -3.05. The summed E-state index contributed by atoms with van der Waals surface area (Å²) in [4.78, 5) is 24.4. The molecule has 1 fully saturated rings. The minimum Gasteiger partial charge on any atom is -0.351 e. The van der Waals surface area contributed by atoms with Crippen molar-refractivity contribution in [1.82, 2.24) is 20.1 Å². The van der Waals surface area contributed by atoms with E-state index in [1.807, 2.05) is 30.3 Å². The van der Waals surface area contributed by atoms with Crippen molar-refractivity contribution in [2.75, 3.05) is 11.5 Å². The molecule has 10 heteroatoms. The SMILES string of the molecule is C[C@H](Sc1n[nH]c(=O)n1CCc1ccccc1)C(=O)N[C@@H]1CCS(=O)(=O)C1. The number of aryl methyl sites for hydroxylation is 1. The average Bonchev–Trinajstić information content (AvgIpc) is 3.15. The summed E-state index contributed by atoms with van der Waals surface area (Å²) >= 11 is 1.18. The van der Waals surface area contributed by atoms with Crippen LogP contribution in [0.25, 0.3) is 0 Å². The summed E-state index contributed by atoms with van der Waals surface area (Å²) in [5.74, 6) is -0.162. The number of benzene rings is 1. The molecule has 1 saturated heterocycles. The fraction of sp³-hybridized carbons (Fsp3) is 0.471. The number of carbonyl (C=O) groups is 1. The van der Waals surface area contributed by atoms with E-state index in [9.17, 15) is 18.0 Å². The van der Waals surface area contributed by atoms with Gasteiger partial charge in [-0.25, -0.2) is 18.3 Å². The van der Waals surface area contributed by atoms with E-state index in [1.54, 1.807) is 6.92 Å². The number of amides is 1. The normalized spacial score (nSPS) is 19.7. The highest BCUT2D eigenvalue weighted by molar-refractivity contribution is 8.00. The van der Waals surface area contributed by atoms with Gasteiger partial charge < -0.3 is 5.32 Å². The number of aromatic amines is 1. The van der Waals surface area contributed by atoms with Crippen molar-refractivity contribution in [3.8, 4) is 0 Å². The third-order valence-electron chi connectivity index (χ3n) is 4.42. The second-order valence-electron chi connectivity index (χ2n) is 6.57. The minimum absolute atomic E-state index is 0.0136. The van der Waals surface area contributed by atoms with Gasteiger partial charge in [0.05, 0.1) is 16.8 Å². The molecule has 27 heavy (non-hydrogen) atoms. The lowest BCUT2D eigenvalue weighted by molar-refractivity contribution is -0.120. The molecular weight excluding hydrogens is 388 g/mol. The maximum Gasteiger partial charge on any atom is 0.343 e. The van der Waals surface area contributed by atoms with Crippen molar-refractivity contribution in [3.05, 3.63) is 46.4 Å². The highest BCUT2D eigenvalue weighted by Crippen LogP contribution is 2.21. The van der Waals surface area contributed by atoms with Gasteiger partial charge in [0.25, 0.3) is 0 Å². The summed E-state index contributed by atoms with van der Waals surface area (Å²) in [6.07, 6.45) is 1.12. The molecule has 2 atom stereocenters. The molecule has 2 N–H and O–H groups in total. The highest BCUT2D eigenvalue weighted by Gasteiger charge is 2.30. The molecule has 1 aliphatic rings. The Hall–Kier alpha value is -2.07. The van der Waals surface area contributed by atoms with Crippen molar-refractivity contribution in [1.29, 1.82) is 0 Å². The van der Waals surface area contributed by atoms with Crippen LogP contribution in [0.1, 0.15) is 18.9 Å². The van der Waals surface area contributed by atoms with Gasteiger partial charge in [0.15, 0.2) is 15.0 Å². The number of aromatic nitrogens is 3. The fourth-order valence-corrected chi connectivity index (χ4v) is 5.48. The summed E-state index contributed by atoms with van der Waals surface area (Å²) in [6.45, 7) is 2.17. The van der Waals surface area contributed by atoms with Gasteiger partial charge in [0.1, 0.15) is 0 Å². The molecule has 2 aromatic rings. The van der Waals surface area contributed by atoms with E-state index < -0.39 is 15.1 Å².